The van der Waals surface area contributed by atoms with Gasteiger partial charge in [-0.15, -0.1) is 10.2 Å². The first-order valence-corrected chi connectivity index (χ1v) is 9.39. The van der Waals surface area contributed by atoms with Gasteiger partial charge in [-0.2, -0.15) is 0 Å². The SMILES string of the molecule is COc1ccccc1NC(=O)[C@H](C)Sc1nnc2ccc3ccccc3n12. The van der Waals surface area contributed by atoms with Crippen molar-refractivity contribution < 1.29 is 9.53 Å². The maximum Gasteiger partial charge on any atom is 0.237 e. The van der Waals surface area contributed by atoms with Gasteiger partial charge in [0.25, 0.3) is 0 Å². The summed E-state index contributed by atoms with van der Waals surface area (Å²) in [6.45, 7) is 1.85. The van der Waals surface area contributed by atoms with E-state index in [2.05, 4.69) is 15.5 Å². The van der Waals surface area contributed by atoms with Gasteiger partial charge >= 0.3 is 0 Å². The van der Waals surface area contributed by atoms with Crippen LogP contribution in [0, 0.1) is 0 Å². The van der Waals surface area contributed by atoms with E-state index < -0.39 is 0 Å². The molecule has 2 aromatic heterocycles. The maximum absolute atomic E-state index is 12.7. The molecule has 1 amide bonds. The van der Waals surface area contributed by atoms with E-state index in [1.807, 2.05) is 72.0 Å². The molecule has 1 atom stereocenters. The summed E-state index contributed by atoms with van der Waals surface area (Å²) in [6, 6.07) is 19.3. The van der Waals surface area contributed by atoms with Gasteiger partial charge < -0.3 is 10.1 Å². The molecule has 1 N–H and O–H groups in total. The second-order valence-corrected chi connectivity index (χ2v) is 7.33. The van der Waals surface area contributed by atoms with Gasteiger partial charge in [0.1, 0.15) is 5.75 Å². The van der Waals surface area contributed by atoms with Gasteiger partial charge in [0, 0.05) is 0 Å². The third-order valence-electron chi connectivity index (χ3n) is 4.26. The van der Waals surface area contributed by atoms with Gasteiger partial charge in [0.2, 0.25) is 5.91 Å². The Morgan fingerprint density at radius 2 is 1.85 bits per heavy atom. The van der Waals surface area contributed by atoms with E-state index >= 15 is 0 Å². The van der Waals surface area contributed by atoms with Crippen LogP contribution in [0.4, 0.5) is 5.69 Å². The fraction of sp³-hybridized carbons (Fsp3) is 0.150. The highest BCUT2D eigenvalue weighted by Crippen LogP contribution is 2.28. The van der Waals surface area contributed by atoms with Crippen LogP contribution in [-0.2, 0) is 4.79 Å². The average molecular weight is 378 g/mol. The molecule has 0 saturated carbocycles. The Labute approximate surface area is 160 Å². The molecule has 0 fully saturated rings. The maximum atomic E-state index is 12.7. The Hall–Kier alpha value is -3.06. The number of thioether (sulfide) groups is 1. The minimum Gasteiger partial charge on any atom is -0.495 e. The Morgan fingerprint density at radius 3 is 2.70 bits per heavy atom. The normalized spacial score (nSPS) is 12.2. The molecule has 136 valence electrons. The zero-order valence-electron chi connectivity index (χ0n) is 14.9. The van der Waals surface area contributed by atoms with E-state index in [-0.39, 0.29) is 11.2 Å². The van der Waals surface area contributed by atoms with Crippen molar-refractivity contribution in [3.8, 4) is 5.75 Å². The molecule has 0 radical (unpaired) electrons. The fourth-order valence-electron chi connectivity index (χ4n) is 2.88. The van der Waals surface area contributed by atoms with Crippen LogP contribution in [0.3, 0.4) is 0 Å². The van der Waals surface area contributed by atoms with Crippen LogP contribution >= 0.6 is 11.8 Å². The van der Waals surface area contributed by atoms with Crippen LogP contribution in [0.25, 0.3) is 16.6 Å². The molecule has 4 aromatic rings. The van der Waals surface area contributed by atoms with E-state index in [1.54, 1.807) is 7.11 Å². The predicted molar refractivity (Wildman–Crippen MR) is 107 cm³/mol. The van der Waals surface area contributed by atoms with Gasteiger partial charge in [0.05, 0.1) is 23.6 Å². The second kappa shape index (κ2) is 7.28. The number of carbonyl (C=O) groups excluding carboxylic acids is 1. The summed E-state index contributed by atoms with van der Waals surface area (Å²) in [5.41, 5.74) is 2.42. The van der Waals surface area contributed by atoms with Crippen LogP contribution in [0.1, 0.15) is 6.92 Å². The predicted octanol–water partition coefficient (Wildman–Crippen LogP) is 4.01. The van der Waals surface area contributed by atoms with Crippen molar-refractivity contribution in [1.82, 2.24) is 14.6 Å². The number of hydrogen-bond acceptors (Lipinski definition) is 5. The number of nitrogens with zero attached hydrogens (tertiary/aromatic N) is 3. The van der Waals surface area contributed by atoms with Gasteiger partial charge in [-0.05, 0) is 42.6 Å². The van der Waals surface area contributed by atoms with Crippen molar-refractivity contribution in [2.45, 2.75) is 17.3 Å². The zero-order valence-corrected chi connectivity index (χ0v) is 15.7. The summed E-state index contributed by atoms with van der Waals surface area (Å²) in [5, 5.41) is 12.8. The van der Waals surface area contributed by atoms with Crippen molar-refractivity contribution in [3.63, 3.8) is 0 Å². The summed E-state index contributed by atoms with van der Waals surface area (Å²) in [6.07, 6.45) is 0. The molecular formula is C20H18N4O2S. The fourth-order valence-corrected chi connectivity index (χ4v) is 3.75. The largest absolute Gasteiger partial charge is 0.495 e. The molecule has 0 aliphatic carbocycles. The zero-order chi connectivity index (χ0) is 18.8. The van der Waals surface area contributed by atoms with Crippen LogP contribution in [0.15, 0.2) is 65.8 Å². The molecule has 0 bridgehead atoms. The molecule has 0 unspecified atom stereocenters. The molecule has 27 heavy (non-hydrogen) atoms. The molecule has 2 aromatic carbocycles. The molecule has 0 aliphatic heterocycles. The summed E-state index contributed by atoms with van der Waals surface area (Å²) in [5.74, 6) is 0.503. The highest BCUT2D eigenvalue weighted by Gasteiger charge is 2.20. The number of ether oxygens (including phenoxy) is 1. The second-order valence-electron chi connectivity index (χ2n) is 6.02. The first-order chi connectivity index (χ1) is 13.2. The highest BCUT2D eigenvalue weighted by molar-refractivity contribution is 8.00. The number of fused-ring (bicyclic) bond motifs is 3. The number of nitrogens with one attached hydrogen (secondary N) is 1. The molecule has 2 heterocycles. The van der Waals surface area contributed by atoms with E-state index in [4.69, 9.17) is 4.74 Å². The minimum atomic E-state index is -0.360. The number of anilines is 1. The monoisotopic (exact) mass is 378 g/mol. The van der Waals surface area contributed by atoms with Crippen molar-refractivity contribution in [2.24, 2.45) is 0 Å². The standard InChI is InChI=1S/C20H18N4O2S/c1-13(19(25)21-15-8-4-6-10-17(15)26-2)27-20-23-22-18-12-11-14-7-3-5-9-16(14)24(18)20/h3-13H,1-2H3,(H,21,25)/t13-/m0/s1. The number of benzene rings is 2. The third kappa shape index (κ3) is 3.33. The third-order valence-corrected chi connectivity index (χ3v) is 5.31. The Morgan fingerprint density at radius 1 is 1.07 bits per heavy atom. The smallest absolute Gasteiger partial charge is 0.237 e. The van der Waals surface area contributed by atoms with E-state index in [9.17, 15) is 4.79 Å². The summed E-state index contributed by atoms with van der Waals surface area (Å²) < 4.78 is 7.27. The number of aromatic nitrogens is 3. The summed E-state index contributed by atoms with van der Waals surface area (Å²) >= 11 is 1.37. The minimum absolute atomic E-state index is 0.124. The summed E-state index contributed by atoms with van der Waals surface area (Å²) in [4.78, 5) is 12.7. The van der Waals surface area contributed by atoms with E-state index in [0.29, 0.717) is 16.6 Å². The molecule has 0 aliphatic rings. The van der Waals surface area contributed by atoms with Crippen LogP contribution < -0.4 is 10.1 Å². The molecular weight excluding hydrogens is 360 g/mol. The number of amides is 1. The van der Waals surface area contributed by atoms with Crippen LogP contribution in [-0.4, -0.2) is 32.9 Å². The summed E-state index contributed by atoms with van der Waals surface area (Å²) in [7, 11) is 1.58. The quantitative estimate of drug-likeness (QED) is 0.532. The topological polar surface area (TPSA) is 68.5 Å². The van der Waals surface area contributed by atoms with Crippen molar-refractivity contribution in [2.75, 3.05) is 12.4 Å². The number of para-hydroxylation sites is 3. The van der Waals surface area contributed by atoms with Gasteiger partial charge in [0.15, 0.2) is 10.8 Å². The van der Waals surface area contributed by atoms with Crippen molar-refractivity contribution in [1.29, 1.82) is 0 Å². The Balaban J connectivity index is 1.60. The van der Waals surface area contributed by atoms with Crippen molar-refractivity contribution >= 4 is 39.9 Å². The van der Waals surface area contributed by atoms with Crippen molar-refractivity contribution in [3.05, 3.63) is 60.7 Å². The van der Waals surface area contributed by atoms with Gasteiger partial charge in [-0.25, -0.2) is 0 Å². The van der Waals surface area contributed by atoms with Crippen LogP contribution in [0.2, 0.25) is 0 Å². The molecule has 4 rings (SSSR count). The number of hydrogen-bond donors (Lipinski definition) is 1. The first-order valence-electron chi connectivity index (χ1n) is 8.51. The molecule has 0 spiro atoms. The number of rotatable bonds is 5. The number of methoxy groups -OCH3 is 1. The Bertz CT molecular complexity index is 1130. The first kappa shape index (κ1) is 17.4. The van der Waals surface area contributed by atoms with E-state index in [1.165, 1.54) is 11.8 Å². The molecule has 7 heteroatoms. The van der Waals surface area contributed by atoms with Crippen LogP contribution in [0.5, 0.6) is 5.75 Å². The lowest BCUT2D eigenvalue weighted by molar-refractivity contribution is -0.115. The molecule has 6 nitrogen and oxygen atoms in total. The van der Waals surface area contributed by atoms with Gasteiger partial charge in [-0.3, -0.25) is 9.20 Å². The lowest BCUT2D eigenvalue weighted by atomic mass is 10.2. The average Bonchev–Trinajstić information content (AvgIpc) is 3.11. The van der Waals surface area contributed by atoms with Gasteiger partial charge in [-0.1, -0.05) is 42.1 Å². The Kier molecular flexibility index (Phi) is 4.68. The lowest BCUT2D eigenvalue weighted by Gasteiger charge is -2.13. The van der Waals surface area contributed by atoms with E-state index in [0.717, 1.165) is 16.6 Å². The lowest BCUT2D eigenvalue weighted by Crippen LogP contribution is -2.23. The number of pyridine rings is 1. The molecule has 0 saturated heterocycles. The highest BCUT2D eigenvalue weighted by atomic mass is 32.2. The number of carbonyl (C=O) groups is 1.